The first-order valence-corrected chi connectivity index (χ1v) is 4.57. The fourth-order valence-corrected chi connectivity index (χ4v) is 1.70. The topological polar surface area (TPSA) is 12.9 Å². The molecule has 2 aromatic rings. The molecular weight excluding hydrogens is 214 g/mol. The Morgan fingerprint density at radius 3 is 2.92 bits per heavy atom. The lowest BCUT2D eigenvalue weighted by molar-refractivity contribution is 1.35. The number of fused-ring (bicyclic) bond motifs is 1. The Morgan fingerprint density at radius 2 is 2.08 bits per heavy atom. The summed E-state index contributed by atoms with van der Waals surface area (Å²) in [7, 11) is 0. The monoisotopic (exact) mass is 221 g/mol. The van der Waals surface area contributed by atoms with E-state index in [1.807, 2.05) is 18.5 Å². The van der Waals surface area contributed by atoms with E-state index in [2.05, 4.69) is 40.0 Å². The van der Waals surface area contributed by atoms with Crippen molar-refractivity contribution in [2.75, 3.05) is 0 Å². The Labute approximate surface area is 79.6 Å². The van der Waals surface area contributed by atoms with E-state index in [1.54, 1.807) is 0 Å². The number of hydrogen-bond acceptors (Lipinski definition) is 1. The molecule has 1 heterocycles. The van der Waals surface area contributed by atoms with Gasteiger partial charge in [0.2, 0.25) is 0 Å². The molecule has 2 heteroatoms. The van der Waals surface area contributed by atoms with Crippen LogP contribution in [0.25, 0.3) is 10.8 Å². The molecule has 0 N–H and O–H groups in total. The van der Waals surface area contributed by atoms with Gasteiger partial charge in [-0.3, -0.25) is 4.98 Å². The van der Waals surface area contributed by atoms with Crippen LogP contribution < -0.4 is 0 Å². The average Bonchev–Trinajstić information content (AvgIpc) is 2.12. The molecule has 0 saturated carbocycles. The third-order valence-corrected chi connectivity index (χ3v) is 3.00. The van der Waals surface area contributed by atoms with Gasteiger partial charge in [-0.1, -0.05) is 12.1 Å². The molecule has 0 unspecified atom stereocenters. The molecule has 0 aliphatic heterocycles. The van der Waals surface area contributed by atoms with Gasteiger partial charge in [0.15, 0.2) is 0 Å². The van der Waals surface area contributed by atoms with Gasteiger partial charge in [0.1, 0.15) is 0 Å². The number of rotatable bonds is 0. The summed E-state index contributed by atoms with van der Waals surface area (Å²) in [6.07, 6.45) is 3.69. The lowest BCUT2D eigenvalue weighted by Gasteiger charge is -2.01. The molecule has 0 amide bonds. The first kappa shape index (κ1) is 7.74. The fraction of sp³-hybridized carbons (Fsp3) is 0.100. The molecule has 12 heavy (non-hydrogen) atoms. The summed E-state index contributed by atoms with van der Waals surface area (Å²) in [6, 6.07) is 6.23. The highest BCUT2D eigenvalue weighted by atomic mass is 79.9. The minimum Gasteiger partial charge on any atom is -0.264 e. The van der Waals surface area contributed by atoms with Crippen molar-refractivity contribution in [3.63, 3.8) is 0 Å². The lowest BCUT2D eigenvalue weighted by atomic mass is 10.1. The van der Waals surface area contributed by atoms with Gasteiger partial charge in [0.05, 0.1) is 0 Å². The first-order chi connectivity index (χ1) is 5.79. The van der Waals surface area contributed by atoms with Crippen molar-refractivity contribution in [2.45, 2.75) is 6.92 Å². The number of halogens is 1. The minimum atomic E-state index is 1.15. The van der Waals surface area contributed by atoms with Gasteiger partial charge in [-0.05, 0) is 39.9 Å². The number of hydrogen-bond donors (Lipinski definition) is 0. The highest BCUT2D eigenvalue weighted by Gasteiger charge is 1.99. The van der Waals surface area contributed by atoms with E-state index in [1.165, 1.54) is 16.3 Å². The van der Waals surface area contributed by atoms with Crippen molar-refractivity contribution in [3.8, 4) is 0 Å². The van der Waals surface area contributed by atoms with E-state index in [-0.39, 0.29) is 0 Å². The number of aryl methyl sites for hydroxylation is 1. The Kier molecular flexibility index (Phi) is 1.85. The quantitative estimate of drug-likeness (QED) is 0.666. The second-order valence-electron chi connectivity index (χ2n) is 2.79. The Bertz CT molecular complexity index is 423. The van der Waals surface area contributed by atoms with Crippen LogP contribution in [0.5, 0.6) is 0 Å². The normalized spacial score (nSPS) is 10.5. The van der Waals surface area contributed by atoms with Gasteiger partial charge in [-0.25, -0.2) is 0 Å². The van der Waals surface area contributed by atoms with Crippen molar-refractivity contribution in [1.82, 2.24) is 4.98 Å². The molecule has 0 aliphatic rings. The molecule has 1 aromatic heterocycles. The van der Waals surface area contributed by atoms with E-state index < -0.39 is 0 Å². The summed E-state index contributed by atoms with van der Waals surface area (Å²) in [5.74, 6) is 0. The second kappa shape index (κ2) is 2.87. The molecule has 0 aliphatic carbocycles. The Morgan fingerprint density at radius 1 is 1.25 bits per heavy atom. The molecule has 0 radical (unpaired) electrons. The summed E-state index contributed by atoms with van der Waals surface area (Å²) >= 11 is 3.54. The third kappa shape index (κ3) is 1.12. The zero-order valence-electron chi connectivity index (χ0n) is 6.71. The average molecular weight is 222 g/mol. The summed E-state index contributed by atoms with van der Waals surface area (Å²) < 4.78 is 1.15. The zero-order chi connectivity index (χ0) is 8.55. The van der Waals surface area contributed by atoms with Crippen molar-refractivity contribution in [3.05, 3.63) is 40.6 Å². The molecule has 60 valence electrons. The Balaban J connectivity index is 2.91. The maximum Gasteiger partial charge on any atom is 0.0357 e. The first-order valence-electron chi connectivity index (χ1n) is 3.78. The van der Waals surface area contributed by atoms with Crippen molar-refractivity contribution < 1.29 is 0 Å². The lowest BCUT2D eigenvalue weighted by Crippen LogP contribution is -1.80. The van der Waals surface area contributed by atoms with Crippen LogP contribution >= 0.6 is 15.9 Å². The van der Waals surface area contributed by atoms with E-state index in [9.17, 15) is 0 Å². The fourth-order valence-electron chi connectivity index (χ4n) is 1.23. The third-order valence-electron chi connectivity index (χ3n) is 1.95. The molecule has 0 fully saturated rings. The number of nitrogens with zero attached hydrogens (tertiary/aromatic N) is 1. The van der Waals surface area contributed by atoms with Gasteiger partial charge in [-0.15, -0.1) is 0 Å². The van der Waals surface area contributed by atoms with Crippen LogP contribution in [0.2, 0.25) is 0 Å². The van der Waals surface area contributed by atoms with E-state index in [0.29, 0.717) is 0 Å². The van der Waals surface area contributed by atoms with Crippen molar-refractivity contribution in [1.29, 1.82) is 0 Å². The molecule has 0 saturated heterocycles. The SMILES string of the molecule is Cc1ccc2ccncc2c1Br. The summed E-state index contributed by atoms with van der Waals surface area (Å²) in [5.41, 5.74) is 1.25. The van der Waals surface area contributed by atoms with E-state index in [0.717, 1.165) is 4.47 Å². The van der Waals surface area contributed by atoms with Crippen LogP contribution in [-0.2, 0) is 0 Å². The maximum atomic E-state index is 4.08. The predicted octanol–water partition coefficient (Wildman–Crippen LogP) is 3.31. The van der Waals surface area contributed by atoms with Crippen LogP contribution in [-0.4, -0.2) is 4.98 Å². The van der Waals surface area contributed by atoms with E-state index in [4.69, 9.17) is 0 Å². The van der Waals surface area contributed by atoms with Crippen LogP contribution in [0.15, 0.2) is 35.1 Å². The van der Waals surface area contributed by atoms with Crippen LogP contribution in [0.4, 0.5) is 0 Å². The molecule has 0 spiro atoms. The van der Waals surface area contributed by atoms with Crippen LogP contribution in [0.3, 0.4) is 0 Å². The van der Waals surface area contributed by atoms with Gasteiger partial charge < -0.3 is 0 Å². The highest BCUT2D eigenvalue weighted by molar-refractivity contribution is 9.10. The summed E-state index contributed by atoms with van der Waals surface area (Å²) in [6.45, 7) is 2.08. The van der Waals surface area contributed by atoms with Gasteiger partial charge in [0, 0.05) is 22.3 Å². The maximum absolute atomic E-state index is 4.08. The summed E-state index contributed by atoms with van der Waals surface area (Å²) in [4.78, 5) is 4.08. The molecular formula is C10H8BrN. The smallest absolute Gasteiger partial charge is 0.0357 e. The highest BCUT2D eigenvalue weighted by Crippen LogP contribution is 2.25. The zero-order valence-corrected chi connectivity index (χ0v) is 8.30. The second-order valence-corrected chi connectivity index (χ2v) is 3.59. The van der Waals surface area contributed by atoms with Crippen LogP contribution in [0, 0.1) is 6.92 Å². The Hall–Kier alpha value is -0.890. The number of pyridine rings is 1. The van der Waals surface area contributed by atoms with Crippen molar-refractivity contribution in [2.24, 2.45) is 0 Å². The summed E-state index contributed by atoms with van der Waals surface area (Å²) in [5, 5.41) is 2.40. The molecule has 0 atom stereocenters. The molecule has 2 rings (SSSR count). The largest absolute Gasteiger partial charge is 0.264 e. The minimum absolute atomic E-state index is 1.15. The predicted molar refractivity (Wildman–Crippen MR) is 54.2 cm³/mol. The molecule has 1 nitrogen and oxygen atoms in total. The van der Waals surface area contributed by atoms with Crippen molar-refractivity contribution >= 4 is 26.7 Å². The number of benzene rings is 1. The number of aromatic nitrogens is 1. The standard InChI is InChI=1S/C10H8BrN/c1-7-2-3-8-4-5-12-6-9(8)10(7)11/h2-6H,1H3. The molecule has 0 bridgehead atoms. The molecule has 1 aromatic carbocycles. The van der Waals surface area contributed by atoms with Gasteiger partial charge in [0.25, 0.3) is 0 Å². The van der Waals surface area contributed by atoms with Crippen LogP contribution in [0.1, 0.15) is 5.56 Å². The van der Waals surface area contributed by atoms with Gasteiger partial charge in [-0.2, -0.15) is 0 Å². The van der Waals surface area contributed by atoms with E-state index >= 15 is 0 Å². The van der Waals surface area contributed by atoms with Gasteiger partial charge >= 0.3 is 0 Å².